The fraction of sp³-hybridized carbons (Fsp3) is 0.579. The number of carbonyl (C=O) groups is 2. The van der Waals surface area contributed by atoms with Gasteiger partial charge in [-0.05, 0) is 44.9 Å². The molecule has 3 rings (SSSR count). The number of ether oxygens (including phenoxy) is 2. The summed E-state index contributed by atoms with van der Waals surface area (Å²) in [6, 6.07) is 6.62. The molecule has 1 aromatic rings. The predicted molar refractivity (Wildman–Crippen MR) is 104 cm³/mol. The minimum atomic E-state index is -1.32. The number of anilines is 2. The average Bonchev–Trinajstić information content (AvgIpc) is 3.06. The molecule has 3 amide bonds. The highest BCUT2D eigenvalue weighted by molar-refractivity contribution is 5.90. The molecule has 9 nitrogen and oxygen atoms in total. The quantitative estimate of drug-likeness (QED) is 0.668. The molecule has 1 aromatic carbocycles. The van der Waals surface area contributed by atoms with Gasteiger partial charge in [0.05, 0.1) is 25.3 Å². The van der Waals surface area contributed by atoms with Crippen molar-refractivity contribution in [3.63, 3.8) is 0 Å². The predicted octanol–water partition coefficient (Wildman–Crippen LogP) is 2.30. The van der Waals surface area contributed by atoms with E-state index in [4.69, 9.17) is 20.0 Å². The highest BCUT2D eigenvalue weighted by Gasteiger charge is 2.34. The molecule has 2 fully saturated rings. The number of morpholine rings is 1. The molecule has 10 heteroatoms. The summed E-state index contributed by atoms with van der Waals surface area (Å²) < 4.78 is 23.9. The number of cyclic esters (lactones) is 1. The van der Waals surface area contributed by atoms with E-state index in [9.17, 15) is 14.0 Å². The van der Waals surface area contributed by atoms with E-state index in [1.54, 1.807) is 18.7 Å². The molecular weight excluding hydrogens is 383 g/mol. The van der Waals surface area contributed by atoms with Crippen LogP contribution in [0.1, 0.15) is 26.7 Å². The van der Waals surface area contributed by atoms with Crippen molar-refractivity contribution in [2.45, 2.75) is 44.8 Å². The highest BCUT2D eigenvalue weighted by atomic mass is 19.1. The van der Waals surface area contributed by atoms with Gasteiger partial charge < -0.3 is 20.1 Å². The van der Waals surface area contributed by atoms with Crippen LogP contribution in [-0.4, -0.2) is 56.4 Å². The molecule has 29 heavy (non-hydrogen) atoms. The third kappa shape index (κ3) is 5.70. The minimum Gasteiger partial charge on any atom is -0.444 e. The minimum absolute atomic E-state index is 0.158. The van der Waals surface area contributed by atoms with Crippen molar-refractivity contribution in [1.82, 2.24) is 5.48 Å². The Hall–Kier alpha value is -2.59. The molecule has 2 unspecified atom stereocenters. The number of hydrogen-bond donors (Lipinski definition) is 2. The summed E-state index contributed by atoms with van der Waals surface area (Å²) in [6.45, 7) is 5.08. The lowest BCUT2D eigenvalue weighted by atomic mass is 10.0. The van der Waals surface area contributed by atoms with Crippen LogP contribution < -0.4 is 21.0 Å². The summed E-state index contributed by atoms with van der Waals surface area (Å²) in [5.74, 6) is 0. The van der Waals surface area contributed by atoms with E-state index in [1.807, 2.05) is 29.2 Å². The van der Waals surface area contributed by atoms with E-state index in [1.165, 1.54) is 0 Å². The molecule has 2 heterocycles. The van der Waals surface area contributed by atoms with Gasteiger partial charge in [-0.3, -0.25) is 9.74 Å². The van der Waals surface area contributed by atoms with E-state index in [2.05, 4.69) is 5.48 Å². The summed E-state index contributed by atoms with van der Waals surface area (Å²) in [4.78, 5) is 31.9. The summed E-state index contributed by atoms with van der Waals surface area (Å²) >= 11 is 0. The van der Waals surface area contributed by atoms with Gasteiger partial charge in [-0.15, -0.1) is 0 Å². The van der Waals surface area contributed by atoms with Crippen LogP contribution in [0.25, 0.3) is 0 Å². The molecule has 0 spiro atoms. The lowest BCUT2D eigenvalue weighted by Crippen LogP contribution is -2.40. The number of nitrogens with two attached hydrogens (primary N) is 1. The zero-order valence-electron chi connectivity index (χ0n) is 16.6. The maximum absolute atomic E-state index is 13.5. The number of carbonyl (C=O) groups excluding carboxylic acids is 2. The molecule has 2 aliphatic rings. The number of alkyl halides is 1. The Morgan fingerprint density at radius 3 is 2.86 bits per heavy atom. The normalized spacial score (nSPS) is 22.5. The lowest BCUT2D eigenvalue weighted by molar-refractivity contribution is -0.0731. The Balaban J connectivity index is 1.59. The standard InChI is InChI=1S/C19H27FN4O5/c1-19(2,29-22-17(21)25)7-6-15-11-24(18(26)28-15)14-5-3-4-13(10-14)23-8-9-27-16(20)12-23/h3-5,10,15-16H,6-9,11-12H2,1-2H3,(H3,21,22,25). The Bertz CT molecular complexity index is 747. The number of benzene rings is 1. The first kappa shape index (κ1) is 21.1. The summed E-state index contributed by atoms with van der Waals surface area (Å²) in [6.07, 6.45) is -0.941. The van der Waals surface area contributed by atoms with Crippen molar-refractivity contribution in [1.29, 1.82) is 0 Å². The molecule has 3 N–H and O–H groups in total. The number of rotatable bonds is 7. The van der Waals surface area contributed by atoms with Gasteiger partial charge in [0.2, 0.25) is 6.36 Å². The first-order chi connectivity index (χ1) is 13.7. The fourth-order valence-corrected chi connectivity index (χ4v) is 3.33. The van der Waals surface area contributed by atoms with Gasteiger partial charge in [-0.2, -0.15) is 0 Å². The molecule has 2 aliphatic heterocycles. The van der Waals surface area contributed by atoms with E-state index in [0.29, 0.717) is 38.2 Å². The van der Waals surface area contributed by atoms with Gasteiger partial charge in [0.15, 0.2) is 0 Å². The molecule has 0 radical (unpaired) electrons. The van der Waals surface area contributed by atoms with Crippen molar-refractivity contribution < 1.29 is 28.3 Å². The van der Waals surface area contributed by atoms with Gasteiger partial charge in [0, 0.05) is 17.9 Å². The van der Waals surface area contributed by atoms with Gasteiger partial charge in [-0.25, -0.2) is 19.5 Å². The molecule has 2 saturated heterocycles. The third-order valence-corrected chi connectivity index (χ3v) is 4.90. The van der Waals surface area contributed by atoms with Gasteiger partial charge in [-0.1, -0.05) is 6.07 Å². The average molecular weight is 410 g/mol. The fourth-order valence-electron chi connectivity index (χ4n) is 3.33. The van der Waals surface area contributed by atoms with Crippen molar-refractivity contribution in [3.05, 3.63) is 24.3 Å². The number of hydroxylamine groups is 1. The number of urea groups is 1. The Kier molecular flexibility index (Phi) is 6.43. The van der Waals surface area contributed by atoms with Gasteiger partial charge in [0.1, 0.15) is 6.10 Å². The maximum atomic E-state index is 13.5. The molecule has 160 valence electrons. The Morgan fingerprint density at radius 2 is 2.14 bits per heavy atom. The number of primary amides is 1. The van der Waals surface area contributed by atoms with E-state index in [0.717, 1.165) is 5.69 Å². The number of amides is 3. The maximum Gasteiger partial charge on any atom is 0.414 e. The Morgan fingerprint density at radius 1 is 1.38 bits per heavy atom. The van der Waals surface area contributed by atoms with Crippen molar-refractivity contribution in [2.75, 3.05) is 36.0 Å². The van der Waals surface area contributed by atoms with E-state index < -0.39 is 24.1 Å². The first-order valence-corrected chi connectivity index (χ1v) is 9.56. The van der Waals surface area contributed by atoms with Crippen LogP contribution in [0, 0.1) is 0 Å². The lowest BCUT2D eigenvalue weighted by Gasteiger charge is -2.31. The zero-order valence-corrected chi connectivity index (χ0v) is 16.6. The van der Waals surface area contributed by atoms with Crippen molar-refractivity contribution in [3.8, 4) is 0 Å². The smallest absolute Gasteiger partial charge is 0.414 e. The van der Waals surface area contributed by atoms with Crippen LogP contribution >= 0.6 is 0 Å². The van der Waals surface area contributed by atoms with Crippen LogP contribution in [0.2, 0.25) is 0 Å². The molecule has 0 bridgehead atoms. The second-order valence-electron chi connectivity index (χ2n) is 7.73. The number of nitrogens with one attached hydrogen (secondary N) is 1. The summed E-state index contributed by atoms with van der Waals surface area (Å²) in [7, 11) is 0. The number of halogens is 1. The number of hydrogen-bond acceptors (Lipinski definition) is 6. The molecule has 0 saturated carbocycles. The van der Waals surface area contributed by atoms with Gasteiger partial charge in [0.25, 0.3) is 0 Å². The zero-order chi connectivity index (χ0) is 21.0. The summed E-state index contributed by atoms with van der Waals surface area (Å²) in [5.41, 5.74) is 8.00. The van der Waals surface area contributed by atoms with Crippen LogP contribution in [0.15, 0.2) is 24.3 Å². The van der Waals surface area contributed by atoms with Gasteiger partial charge >= 0.3 is 12.1 Å². The van der Waals surface area contributed by atoms with Crippen LogP contribution in [0.5, 0.6) is 0 Å². The second-order valence-corrected chi connectivity index (χ2v) is 7.73. The second kappa shape index (κ2) is 8.83. The summed E-state index contributed by atoms with van der Waals surface area (Å²) in [5, 5.41) is 0. The number of nitrogens with zero attached hydrogens (tertiary/aromatic N) is 2. The van der Waals surface area contributed by atoms with Crippen molar-refractivity contribution >= 4 is 23.5 Å². The molecule has 0 aromatic heterocycles. The van der Waals surface area contributed by atoms with Crippen molar-refractivity contribution in [2.24, 2.45) is 5.73 Å². The van der Waals surface area contributed by atoms with Crippen LogP contribution in [0.3, 0.4) is 0 Å². The topological polar surface area (TPSA) is 106 Å². The monoisotopic (exact) mass is 410 g/mol. The van der Waals surface area contributed by atoms with Crippen LogP contribution in [0.4, 0.5) is 25.4 Å². The van der Waals surface area contributed by atoms with Crippen LogP contribution in [-0.2, 0) is 14.3 Å². The van der Waals surface area contributed by atoms with E-state index >= 15 is 0 Å². The molecular formula is C19H27FN4O5. The van der Waals surface area contributed by atoms with E-state index in [-0.39, 0.29) is 12.6 Å². The third-order valence-electron chi connectivity index (χ3n) is 4.90. The Labute approximate surface area is 168 Å². The SMILES string of the molecule is CC(C)(CCC1CN(c2cccc(N3CCOC(F)C3)c2)C(=O)O1)ONC(N)=O. The largest absolute Gasteiger partial charge is 0.444 e. The first-order valence-electron chi connectivity index (χ1n) is 9.56. The molecule has 0 aliphatic carbocycles. The highest BCUT2D eigenvalue weighted by Crippen LogP contribution is 2.29. The molecule has 2 atom stereocenters.